The van der Waals surface area contributed by atoms with E-state index in [1.807, 2.05) is 52.5 Å². The van der Waals surface area contributed by atoms with Crippen molar-refractivity contribution in [1.29, 1.82) is 0 Å². The van der Waals surface area contributed by atoms with Crippen LogP contribution in [0.1, 0.15) is 64.7 Å². The first kappa shape index (κ1) is 30.7. The molecule has 0 bridgehead atoms. The lowest BCUT2D eigenvalue weighted by Crippen LogP contribution is -2.42. The third-order valence-corrected chi connectivity index (χ3v) is 6.53. The molecule has 0 aliphatic heterocycles. The van der Waals surface area contributed by atoms with Crippen LogP contribution in [0.2, 0.25) is 0 Å². The molecule has 1 unspecified atom stereocenters. The van der Waals surface area contributed by atoms with Crippen molar-refractivity contribution >= 4 is 28.6 Å². The van der Waals surface area contributed by atoms with E-state index in [1.165, 1.54) is 0 Å². The van der Waals surface area contributed by atoms with E-state index in [-0.39, 0.29) is 29.8 Å². The van der Waals surface area contributed by atoms with E-state index in [9.17, 15) is 9.59 Å². The number of hydrogen-bond acceptors (Lipinski definition) is 8. The Morgan fingerprint density at radius 2 is 1.62 bits per heavy atom. The van der Waals surface area contributed by atoms with E-state index >= 15 is 0 Å². The number of hydrogen-bond donors (Lipinski definition) is 2. The lowest BCUT2D eigenvalue weighted by molar-refractivity contribution is -0.118. The van der Waals surface area contributed by atoms with Crippen molar-refractivity contribution in [3.05, 3.63) is 42.0 Å². The van der Waals surface area contributed by atoms with Gasteiger partial charge < -0.3 is 34.7 Å². The maximum absolute atomic E-state index is 13.0. The molecule has 0 saturated carbocycles. The standard InChI is InChI=1S/C30H42N4O6/c1-18(2)27(31)29(35)32-28-23-12-11-22(17-25(23)40-33-28)38-14-8-9-15-39-24-13-10-21(16-26(24)37-7)30(36)34(19(3)4)20(5)6/h10-13,16-20,27H,8-9,14-15,31H2,1-7H3,(H,32,33,35). The number of rotatable bonds is 14. The van der Waals surface area contributed by atoms with Gasteiger partial charge in [-0.3, -0.25) is 9.59 Å². The molecule has 2 amide bonds. The number of nitrogens with one attached hydrogen (secondary N) is 1. The molecule has 218 valence electrons. The topological polar surface area (TPSA) is 129 Å². The summed E-state index contributed by atoms with van der Waals surface area (Å²) in [6.07, 6.45) is 1.52. The van der Waals surface area contributed by atoms with E-state index in [0.29, 0.717) is 52.8 Å². The van der Waals surface area contributed by atoms with Crippen LogP contribution in [0.25, 0.3) is 11.0 Å². The second-order valence-corrected chi connectivity index (χ2v) is 10.6. The molecular weight excluding hydrogens is 512 g/mol. The Kier molecular flexibility index (Phi) is 10.8. The molecule has 3 aromatic rings. The third-order valence-electron chi connectivity index (χ3n) is 6.53. The van der Waals surface area contributed by atoms with Gasteiger partial charge in [0.05, 0.1) is 31.8 Å². The minimum Gasteiger partial charge on any atom is -0.493 e. The molecule has 1 heterocycles. The van der Waals surface area contributed by atoms with Crippen LogP contribution in [-0.4, -0.2) is 60.3 Å². The average Bonchev–Trinajstić information content (AvgIpc) is 3.31. The van der Waals surface area contributed by atoms with E-state index in [2.05, 4.69) is 10.5 Å². The minimum absolute atomic E-state index is 0.00688. The number of anilines is 1. The fourth-order valence-electron chi connectivity index (χ4n) is 4.31. The summed E-state index contributed by atoms with van der Waals surface area (Å²) < 4.78 is 22.6. The maximum atomic E-state index is 13.0. The van der Waals surface area contributed by atoms with Crippen molar-refractivity contribution in [2.75, 3.05) is 25.6 Å². The quantitative estimate of drug-likeness (QED) is 0.258. The zero-order valence-corrected chi connectivity index (χ0v) is 24.5. The number of ether oxygens (including phenoxy) is 3. The number of carbonyl (C=O) groups excluding carboxylic acids is 2. The van der Waals surface area contributed by atoms with Gasteiger partial charge in [0.25, 0.3) is 5.91 Å². The summed E-state index contributed by atoms with van der Waals surface area (Å²) in [6, 6.07) is 10.2. The fourth-order valence-corrected chi connectivity index (χ4v) is 4.31. The van der Waals surface area contributed by atoms with Crippen molar-refractivity contribution in [2.45, 2.75) is 72.5 Å². The SMILES string of the molecule is COc1cc(C(=O)N(C(C)C)C(C)C)ccc1OCCCCOc1ccc2c(NC(=O)C(N)C(C)C)noc2c1. The van der Waals surface area contributed by atoms with Gasteiger partial charge in [0.2, 0.25) is 5.91 Å². The third kappa shape index (κ3) is 7.65. The molecule has 0 aliphatic carbocycles. The van der Waals surface area contributed by atoms with E-state index in [4.69, 9.17) is 24.5 Å². The lowest BCUT2D eigenvalue weighted by Gasteiger charge is -2.31. The highest BCUT2D eigenvalue weighted by atomic mass is 16.5. The highest BCUT2D eigenvalue weighted by Crippen LogP contribution is 2.30. The van der Waals surface area contributed by atoms with Crippen molar-refractivity contribution < 1.29 is 28.3 Å². The summed E-state index contributed by atoms with van der Waals surface area (Å²) in [5.41, 5.74) is 6.98. The molecule has 1 aromatic heterocycles. The van der Waals surface area contributed by atoms with Crippen molar-refractivity contribution in [2.24, 2.45) is 11.7 Å². The largest absolute Gasteiger partial charge is 0.493 e. The van der Waals surface area contributed by atoms with Gasteiger partial charge in [-0.05, 0) is 76.8 Å². The maximum Gasteiger partial charge on any atom is 0.254 e. The highest BCUT2D eigenvalue weighted by molar-refractivity contribution is 6.01. The number of aromatic nitrogens is 1. The number of benzene rings is 2. The van der Waals surface area contributed by atoms with Crippen LogP contribution in [0, 0.1) is 5.92 Å². The molecule has 40 heavy (non-hydrogen) atoms. The van der Waals surface area contributed by atoms with E-state index < -0.39 is 6.04 Å². The molecule has 2 aromatic carbocycles. The Morgan fingerprint density at radius 3 is 2.25 bits per heavy atom. The average molecular weight is 555 g/mol. The summed E-state index contributed by atoms with van der Waals surface area (Å²) >= 11 is 0. The van der Waals surface area contributed by atoms with Crippen LogP contribution in [0.15, 0.2) is 40.9 Å². The summed E-state index contributed by atoms with van der Waals surface area (Å²) in [5.74, 6) is 1.76. The van der Waals surface area contributed by atoms with Gasteiger partial charge in [0.15, 0.2) is 22.9 Å². The van der Waals surface area contributed by atoms with E-state index in [0.717, 1.165) is 12.8 Å². The smallest absolute Gasteiger partial charge is 0.254 e. The Bertz CT molecular complexity index is 1280. The number of methoxy groups -OCH3 is 1. The van der Waals surface area contributed by atoms with Gasteiger partial charge in [-0.25, -0.2) is 0 Å². The number of fused-ring (bicyclic) bond motifs is 1. The van der Waals surface area contributed by atoms with Crippen LogP contribution in [0.3, 0.4) is 0 Å². The summed E-state index contributed by atoms with van der Waals surface area (Å²) in [6.45, 7) is 12.7. The molecule has 3 N–H and O–H groups in total. The van der Waals surface area contributed by atoms with Gasteiger partial charge in [0.1, 0.15) is 5.75 Å². The summed E-state index contributed by atoms with van der Waals surface area (Å²) in [7, 11) is 1.57. The highest BCUT2D eigenvalue weighted by Gasteiger charge is 2.23. The predicted molar refractivity (Wildman–Crippen MR) is 155 cm³/mol. The van der Waals surface area contributed by atoms with Gasteiger partial charge in [-0.15, -0.1) is 0 Å². The molecule has 0 saturated heterocycles. The van der Waals surface area contributed by atoms with Crippen LogP contribution < -0.4 is 25.3 Å². The second-order valence-electron chi connectivity index (χ2n) is 10.6. The number of amides is 2. The number of nitrogens with zero attached hydrogens (tertiary/aromatic N) is 2. The Morgan fingerprint density at radius 1 is 0.950 bits per heavy atom. The molecule has 0 radical (unpaired) electrons. The first-order valence-corrected chi connectivity index (χ1v) is 13.8. The number of nitrogens with two attached hydrogens (primary N) is 1. The Hall–Kier alpha value is -3.79. The molecular formula is C30H42N4O6. The molecule has 3 rings (SSSR count). The molecule has 0 fully saturated rings. The number of carbonyl (C=O) groups is 2. The van der Waals surface area contributed by atoms with Crippen LogP contribution in [-0.2, 0) is 4.79 Å². The monoisotopic (exact) mass is 554 g/mol. The summed E-state index contributed by atoms with van der Waals surface area (Å²) in [5, 5.41) is 7.35. The van der Waals surface area contributed by atoms with Crippen molar-refractivity contribution in [3.8, 4) is 17.2 Å². The van der Waals surface area contributed by atoms with Crippen LogP contribution >= 0.6 is 0 Å². The normalized spacial score (nSPS) is 12.2. The fraction of sp³-hybridized carbons (Fsp3) is 0.500. The Labute approximate surface area is 236 Å². The van der Waals surface area contributed by atoms with Gasteiger partial charge in [0, 0.05) is 23.7 Å². The first-order valence-electron chi connectivity index (χ1n) is 13.8. The molecule has 1 atom stereocenters. The first-order chi connectivity index (χ1) is 19.0. The van der Waals surface area contributed by atoms with Crippen molar-refractivity contribution in [3.63, 3.8) is 0 Å². The Balaban J connectivity index is 1.48. The van der Waals surface area contributed by atoms with Gasteiger partial charge in [-0.2, -0.15) is 0 Å². The predicted octanol–water partition coefficient (Wildman–Crippen LogP) is 5.26. The zero-order chi connectivity index (χ0) is 29.4. The molecule has 0 spiro atoms. The van der Waals surface area contributed by atoms with Crippen molar-refractivity contribution in [1.82, 2.24) is 10.1 Å². The lowest BCUT2D eigenvalue weighted by atomic mass is 10.1. The summed E-state index contributed by atoms with van der Waals surface area (Å²) in [4.78, 5) is 27.1. The minimum atomic E-state index is -0.631. The number of unbranched alkanes of at least 4 members (excludes halogenated alkanes) is 1. The van der Waals surface area contributed by atoms with Crippen LogP contribution in [0.5, 0.6) is 17.2 Å². The van der Waals surface area contributed by atoms with Crippen LogP contribution in [0.4, 0.5) is 5.82 Å². The molecule has 0 aliphatic rings. The van der Waals surface area contributed by atoms with E-state index in [1.54, 1.807) is 37.4 Å². The second kappa shape index (κ2) is 14.0. The zero-order valence-electron chi connectivity index (χ0n) is 24.5. The molecule has 10 nitrogen and oxygen atoms in total. The van der Waals surface area contributed by atoms with Gasteiger partial charge >= 0.3 is 0 Å². The van der Waals surface area contributed by atoms with Gasteiger partial charge in [-0.1, -0.05) is 19.0 Å². The molecule has 10 heteroatoms.